The fraction of sp³-hybridized carbons (Fsp3) is 0.647. The third-order valence-corrected chi connectivity index (χ3v) is 8.27. The van der Waals surface area contributed by atoms with Crippen molar-refractivity contribution in [2.75, 3.05) is 45.9 Å². The van der Waals surface area contributed by atoms with Crippen molar-refractivity contribution in [1.29, 1.82) is 0 Å². The van der Waals surface area contributed by atoms with Gasteiger partial charge < -0.3 is 15.3 Å². The summed E-state index contributed by atoms with van der Waals surface area (Å²) in [7, 11) is 0. The number of halogens is 4. The van der Waals surface area contributed by atoms with Crippen LogP contribution in [0, 0.1) is 23.5 Å². The number of ether oxygens (including phenoxy) is 1. The molecule has 0 aliphatic carbocycles. The molecule has 4 heterocycles. The van der Waals surface area contributed by atoms with Crippen molar-refractivity contribution in [2.24, 2.45) is 11.8 Å². The Morgan fingerprint density at radius 1 is 0.800 bits per heavy atom. The number of carbonyl (C=O) groups excluding carboxylic acids is 1. The van der Waals surface area contributed by atoms with Crippen molar-refractivity contribution >= 4 is 11.9 Å². The molecule has 2 aromatic heterocycles. The first-order chi connectivity index (χ1) is 22.6. The molecule has 0 aromatic carbocycles. The van der Waals surface area contributed by atoms with E-state index in [0.29, 0.717) is 69.7 Å². The summed E-state index contributed by atoms with van der Waals surface area (Å²) >= 11 is 0. The molecule has 0 spiro atoms. The van der Waals surface area contributed by atoms with E-state index >= 15 is 0 Å². The van der Waals surface area contributed by atoms with Crippen LogP contribution in [0.1, 0.15) is 70.7 Å². The quantitative estimate of drug-likeness (QED) is 0.163. The van der Waals surface area contributed by atoms with Crippen molar-refractivity contribution in [3.63, 3.8) is 0 Å². The number of rotatable bonds is 15. The molecule has 0 bridgehead atoms. The van der Waals surface area contributed by atoms with Gasteiger partial charge in [0.25, 0.3) is 11.1 Å². The second-order valence-electron chi connectivity index (χ2n) is 13.4. The molecule has 0 radical (unpaired) electrons. The van der Waals surface area contributed by atoms with E-state index in [9.17, 15) is 41.8 Å². The Bertz CT molecular complexity index is 1510. The van der Waals surface area contributed by atoms with E-state index in [1.165, 1.54) is 18.5 Å². The number of pyridine rings is 2. The van der Waals surface area contributed by atoms with Gasteiger partial charge in [0, 0.05) is 51.7 Å². The van der Waals surface area contributed by atoms with E-state index in [0.717, 1.165) is 15.2 Å². The molecule has 2 saturated heterocycles. The molecule has 0 amide bonds. The molecule has 2 aliphatic heterocycles. The fourth-order valence-corrected chi connectivity index (χ4v) is 5.72. The maximum atomic E-state index is 14.1. The fourth-order valence-electron chi connectivity index (χ4n) is 5.72. The van der Waals surface area contributed by atoms with Crippen LogP contribution in [0.25, 0.3) is 0 Å². The Labute approximate surface area is 302 Å². The topological polar surface area (TPSA) is 144 Å². The van der Waals surface area contributed by atoms with E-state index in [4.69, 9.17) is 4.74 Å². The van der Waals surface area contributed by atoms with Gasteiger partial charge >= 0.3 is 30.8 Å². The zero-order valence-corrected chi connectivity index (χ0v) is 29.8. The van der Waals surface area contributed by atoms with Crippen LogP contribution in [0.5, 0.6) is 0 Å². The summed E-state index contributed by atoms with van der Waals surface area (Å²) in [6.07, 6.45) is 2.92. The minimum absolute atomic E-state index is 0. The number of carboxylic acids is 1. The summed E-state index contributed by atoms with van der Waals surface area (Å²) in [5, 5.41) is 9.34. The number of hydrogen-bond acceptors (Lipinski definition) is 8. The second-order valence-corrected chi connectivity index (χ2v) is 13.4. The van der Waals surface area contributed by atoms with Crippen molar-refractivity contribution in [1.82, 2.24) is 18.9 Å². The van der Waals surface area contributed by atoms with Crippen LogP contribution in [0.4, 0.5) is 17.6 Å². The molecule has 2 N–H and O–H groups in total. The van der Waals surface area contributed by atoms with Crippen LogP contribution in [-0.4, -0.2) is 99.7 Å². The van der Waals surface area contributed by atoms with Gasteiger partial charge in [-0.25, -0.2) is 27.2 Å². The molecule has 0 saturated carbocycles. The summed E-state index contributed by atoms with van der Waals surface area (Å²) in [5.41, 5.74) is -0.596. The zero-order valence-electron chi connectivity index (χ0n) is 29.8. The van der Waals surface area contributed by atoms with Crippen LogP contribution < -0.4 is 30.0 Å². The zero-order chi connectivity index (χ0) is 35.7. The summed E-state index contributed by atoms with van der Waals surface area (Å²) in [4.78, 5) is 51.7. The van der Waals surface area contributed by atoms with E-state index in [1.54, 1.807) is 6.92 Å². The third-order valence-electron chi connectivity index (χ3n) is 8.27. The summed E-state index contributed by atoms with van der Waals surface area (Å²) in [6, 6.07) is 0.403. The smallest absolute Gasteiger partial charge is 0.870 e. The van der Waals surface area contributed by atoms with Crippen molar-refractivity contribution in [3.05, 3.63) is 68.0 Å². The molecule has 2 atom stereocenters. The van der Waals surface area contributed by atoms with Crippen LogP contribution in [-0.2, 0) is 27.2 Å². The van der Waals surface area contributed by atoms with Crippen LogP contribution in [0.2, 0.25) is 0 Å². The van der Waals surface area contributed by atoms with Gasteiger partial charge in [-0.1, -0.05) is 27.7 Å². The van der Waals surface area contributed by atoms with E-state index < -0.39 is 59.1 Å². The number of aromatic nitrogens is 2. The van der Waals surface area contributed by atoms with Gasteiger partial charge in [-0.3, -0.25) is 28.5 Å². The molecule has 276 valence electrons. The van der Waals surface area contributed by atoms with Gasteiger partial charge in [0.1, 0.15) is 24.4 Å². The number of nitrogens with zero attached hydrogens (tertiary/aromatic N) is 4. The Kier molecular flexibility index (Phi) is 18.7. The van der Waals surface area contributed by atoms with E-state index in [2.05, 4.69) is 0 Å². The predicted molar refractivity (Wildman–Crippen MR) is 175 cm³/mol. The normalized spacial score (nSPS) is 16.3. The van der Waals surface area contributed by atoms with Gasteiger partial charge in [-0.2, -0.15) is 0 Å². The van der Waals surface area contributed by atoms with E-state index in [-0.39, 0.29) is 49.2 Å². The molecule has 2 aromatic rings. The minimum atomic E-state index is -1.15. The average Bonchev–Trinajstić information content (AvgIpc) is 2.97. The van der Waals surface area contributed by atoms with Crippen molar-refractivity contribution < 1.29 is 61.3 Å². The monoisotopic (exact) mass is 708 g/mol. The number of carboxylic acid groups (broad SMARTS) is 1. The Hall–Kier alpha value is -2.96. The Morgan fingerprint density at radius 2 is 1.18 bits per heavy atom. The standard InChI is InChI=1S/C18H26F2N2O3.C16H22F2N2O3.Li.H2O/c1-4-25-18(24)16(7-12(2)3)22-9-13(8-15(20)17(22)23)5-6-21-10-14(19)11-21;1-10(2)5-14(16(22)23)20-7-11(6-13(18)15(20)21)3-4-19-8-12(17)9-19;;/h8-9,12,14,16H,4-7,10-11H2,1-3H3;6-7,10,12,14H,3-5,8-9H2,1-2H3,(H,22,23);;1H2/q;;+1;/p-1. The maximum absolute atomic E-state index is 14.1. The first-order valence-corrected chi connectivity index (χ1v) is 16.5. The number of esters is 1. The first-order valence-electron chi connectivity index (χ1n) is 16.5. The molecule has 2 fully saturated rings. The number of likely N-dealkylation sites (tertiary alicyclic amines) is 2. The van der Waals surface area contributed by atoms with Gasteiger partial charge in [-0.15, -0.1) is 0 Å². The molecule has 4 rings (SSSR count). The predicted octanol–water partition coefficient (Wildman–Crippen LogP) is 1.02. The molecule has 2 aliphatic rings. The van der Waals surface area contributed by atoms with Gasteiger partial charge in [0.15, 0.2) is 11.6 Å². The summed E-state index contributed by atoms with van der Waals surface area (Å²) in [6.45, 7) is 12.1. The molecule has 16 heteroatoms. The average molecular weight is 709 g/mol. The van der Waals surface area contributed by atoms with Crippen molar-refractivity contribution in [2.45, 2.75) is 84.7 Å². The Balaban J connectivity index is 0.000000482. The number of carbonyl (C=O) groups is 2. The van der Waals surface area contributed by atoms with Crippen LogP contribution >= 0.6 is 0 Å². The molecular formula is C34H49F4LiN4O7. The first kappa shape index (κ1) is 45.1. The largest absolute Gasteiger partial charge is 1.00 e. The van der Waals surface area contributed by atoms with Gasteiger partial charge in [-0.05, 0) is 67.7 Å². The number of aliphatic carboxylic acids is 1. The van der Waals surface area contributed by atoms with Crippen LogP contribution in [0.3, 0.4) is 0 Å². The number of alkyl halides is 2. The third kappa shape index (κ3) is 13.0. The SMILES string of the molecule is CC(C)CC(C(=O)O)n1cc(CCN2CC(F)C2)cc(F)c1=O.CCOC(=O)C(CC(C)C)n1cc(CCN2CC(F)C2)cc(F)c1=O.[Li+].[OH-]. The summed E-state index contributed by atoms with van der Waals surface area (Å²) < 4.78 is 60.8. The molecule has 11 nitrogen and oxygen atoms in total. The van der Waals surface area contributed by atoms with Crippen molar-refractivity contribution in [3.8, 4) is 0 Å². The molecule has 50 heavy (non-hydrogen) atoms. The van der Waals surface area contributed by atoms with E-state index in [1.807, 2.05) is 37.5 Å². The van der Waals surface area contributed by atoms with Gasteiger partial charge in [0.05, 0.1) is 6.61 Å². The minimum Gasteiger partial charge on any atom is -0.870 e. The number of hydrogen-bond donors (Lipinski definition) is 1. The van der Waals surface area contributed by atoms with Crippen LogP contribution in [0.15, 0.2) is 34.1 Å². The second kappa shape index (κ2) is 20.8. The maximum Gasteiger partial charge on any atom is 1.00 e. The Morgan fingerprint density at radius 3 is 1.52 bits per heavy atom. The summed E-state index contributed by atoms with van der Waals surface area (Å²) in [5.74, 6) is -3.34. The molecule has 2 unspecified atom stereocenters. The van der Waals surface area contributed by atoms with Gasteiger partial charge in [0.2, 0.25) is 0 Å². The molecular weight excluding hydrogens is 659 g/mol.